The van der Waals surface area contributed by atoms with Gasteiger partial charge in [-0.05, 0) is 17.5 Å². The second-order valence-corrected chi connectivity index (χ2v) is 4.29. The fourth-order valence-electron chi connectivity index (χ4n) is 1.37. The van der Waals surface area contributed by atoms with Crippen molar-refractivity contribution in [2.24, 2.45) is 0 Å². The van der Waals surface area contributed by atoms with E-state index >= 15 is 0 Å². The highest BCUT2D eigenvalue weighted by Gasteiger charge is 2.03. The van der Waals surface area contributed by atoms with Crippen molar-refractivity contribution in [3.05, 3.63) is 35.4 Å². The van der Waals surface area contributed by atoms with Gasteiger partial charge in [-0.25, -0.2) is 4.21 Å². The second kappa shape index (κ2) is 6.40. The minimum atomic E-state index is -1.83. The third-order valence-corrected chi connectivity index (χ3v) is 2.71. The van der Waals surface area contributed by atoms with Gasteiger partial charge in [-0.3, -0.25) is 4.79 Å². The first-order chi connectivity index (χ1) is 7.61. The van der Waals surface area contributed by atoms with E-state index in [0.717, 1.165) is 11.1 Å². The molecule has 1 N–H and O–H groups in total. The van der Waals surface area contributed by atoms with Crippen molar-refractivity contribution in [3.63, 3.8) is 0 Å². The molecule has 1 atom stereocenters. The summed E-state index contributed by atoms with van der Waals surface area (Å²) in [5.74, 6) is -0.136. The topological polar surface area (TPSA) is 63.6 Å². The van der Waals surface area contributed by atoms with E-state index in [2.05, 4.69) is 4.74 Å². The molecular weight excluding hydrogens is 228 g/mol. The first-order valence-electron chi connectivity index (χ1n) is 4.84. The van der Waals surface area contributed by atoms with E-state index < -0.39 is 11.1 Å². The van der Waals surface area contributed by atoms with Crippen molar-refractivity contribution in [3.8, 4) is 0 Å². The Morgan fingerprint density at radius 1 is 1.44 bits per heavy atom. The molecule has 0 fully saturated rings. The Morgan fingerprint density at radius 2 is 2.12 bits per heavy atom. The fraction of sp³-hybridized carbons (Fsp3) is 0.364. The zero-order valence-electron chi connectivity index (χ0n) is 9.01. The Bertz CT molecular complexity index is 389. The molecule has 0 spiro atoms. The molecule has 0 saturated heterocycles. The van der Waals surface area contributed by atoms with E-state index in [1.807, 2.05) is 18.2 Å². The fourth-order valence-corrected chi connectivity index (χ4v) is 1.83. The summed E-state index contributed by atoms with van der Waals surface area (Å²) in [5, 5.41) is 0. The molecule has 1 rings (SSSR count). The maximum absolute atomic E-state index is 10.9. The third-order valence-electron chi connectivity index (χ3n) is 2.13. The first-order valence-corrected chi connectivity index (χ1v) is 6.11. The Kier molecular flexibility index (Phi) is 5.14. The number of carbonyl (C=O) groups is 1. The van der Waals surface area contributed by atoms with Crippen LogP contribution in [0, 0.1) is 0 Å². The summed E-state index contributed by atoms with van der Waals surface area (Å²) < 4.78 is 23.9. The quantitative estimate of drug-likeness (QED) is 0.628. The number of aryl methyl sites for hydroxylation is 1. The number of hydrogen-bond donors (Lipinski definition) is 1. The van der Waals surface area contributed by atoms with Crippen LogP contribution in [-0.4, -0.2) is 21.8 Å². The van der Waals surface area contributed by atoms with E-state index in [1.165, 1.54) is 7.11 Å². The molecule has 0 amide bonds. The van der Waals surface area contributed by atoms with Gasteiger partial charge in [0.1, 0.15) is 0 Å². The highest BCUT2D eigenvalue weighted by Crippen LogP contribution is 2.09. The van der Waals surface area contributed by atoms with Crippen LogP contribution in [0.5, 0.6) is 0 Å². The van der Waals surface area contributed by atoms with Gasteiger partial charge in [0.15, 0.2) is 11.1 Å². The Labute approximate surface area is 96.9 Å². The van der Waals surface area contributed by atoms with E-state index in [4.69, 9.17) is 4.55 Å². The lowest BCUT2D eigenvalue weighted by Gasteiger charge is -2.03. The summed E-state index contributed by atoms with van der Waals surface area (Å²) >= 11 is -1.83. The van der Waals surface area contributed by atoms with Gasteiger partial charge >= 0.3 is 5.97 Å². The smallest absolute Gasteiger partial charge is 0.305 e. The lowest BCUT2D eigenvalue weighted by Crippen LogP contribution is -2.02. The third kappa shape index (κ3) is 4.55. The van der Waals surface area contributed by atoms with Gasteiger partial charge in [0.2, 0.25) is 0 Å². The van der Waals surface area contributed by atoms with Crippen molar-refractivity contribution >= 4 is 17.0 Å². The average molecular weight is 242 g/mol. The molecule has 1 aromatic carbocycles. The molecule has 0 saturated carbocycles. The summed E-state index contributed by atoms with van der Waals surface area (Å²) in [5.41, 5.74) is 1.76. The molecule has 0 aliphatic heterocycles. The second-order valence-electron chi connectivity index (χ2n) is 3.36. The molecule has 4 nitrogen and oxygen atoms in total. The summed E-state index contributed by atoms with van der Waals surface area (Å²) in [6.07, 6.45) is 0.904. The van der Waals surface area contributed by atoms with Gasteiger partial charge in [0, 0.05) is 6.42 Å². The molecule has 0 bridgehead atoms. The molecule has 0 heterocycles. The largest absolute Gasteiger partial charge is 0.469 e. The average Bonchev–Trinajstić information content (AvgIpc) is 2.25. The van der Waals surface area contributed by atoms with E-state index in [9.17, 15) is 9.00 Å². The van der Waals surface area contributed by atoms with Crippen molar-refractivity contribution in [2.45, 2.75) is 18.6 Å². The minimum absolute atomic E-state index is 0.117. The predicted octanol–water partition coefficient (Wildman–Crippen LogP) is 1.51. The van der Waals surface area contributed by atoms with Crippen molar-refractivity contribution < 1.29 is 18.3 Å². The maximum atomic E-state index is 10.9. The number of benzene rings is 1. The number of methoxy groups -OCH3 is 1. The highest BCUT2D eigenvalue weighted by atomic mass is 32.2. The Morgan fingerprint density at radius 3 is 2.75 bits per heavy atom. The minimum Gasteiger partial charge on any atom is -0.469 e. The van der Waals surface area contributed by atoms with E-state index in [0.29, 0.717) is 12.8 Å². The standard InChI is InChI=1S/C11H14O4S/c1-15-11(12)6-5-9-3-2-4-10(7-9)8-16(13)14/h2-4,7H,5-6,8H2,1H3,(H,13,14). The van der Waals surface area contributed by atoms with Crippen molar-refractivity contribution in [2.75, 3.05) is 7.11 Å². The zero-order valence-corrected chi connectivity index (χ0v) is 9.83. The number of hydrogen-bond acceptors (Lipinski definition) is 3. The number of rotatable bonds is 5. The van der Waals surface area contributed by atoms with Crippen LogP contribution < -0.4 is 0 Å². The van der Waals surface area contributed by atoms with Crippen LogP contribution in [0.15, 0.2) is 24.3 Å². The van der Waals surface area contributed by atoms with Crippen LogP contribution in [0.3, 0.4) is 0 Å². The molecular formula is C11H14O4S. The summed E-state index contributed by atoms with van der Waals surface area (Å²) in [6, 6.07) is 7.31. The van der Waals surface area contributed by atoms with Crippen LogP contribution in [0.2, 0.25) is 0 Å². The van der Waals surface area contributed by atoms with Gasteiger partial charge < -0.3 is 9.29 Å². The summed E-state index contributed by atoms with van der Waals surface area (Å²) in [4.78, 5) is 10.9. The van der Waals surface area contributed by atoms with Gasteiger partial charge in [0.05, 0.1) is 12.9 Å². The maximum Gasteiger partial charge on any atom is 0.305 e. The molecule has 1 unspecified atom stereocenters. The van der Waals surface area contributed by atoms with Crippen LogP contribution in [0.25, 0.3) is 0 Å². The summed E-state index contributed by atoms with van der Waals surface area (Å²) in [7, 11) is 1.35. The molecule has 1 aromatic rings. The lowest BCUT2D eigenvalue weighted by molar-refractivity contribution is -0.140. The molecule has 0 aromatic heterocycles. The van der Waals surface area contributed by atoms with Crippen LogP contribution in [0.4, 0.5) is 0 Å². The van der Waals surface area contributed by atoms with Gasteiger partial charge in [-0.2, -0.15) is 0 Å². The van der Waals surface area contributed by atoms with E-state index in [-0.39, 0.29) is 11.7 Å². The Hall–Kier alpha value is -1.20. The summed E-state index contributed by atoms with van der Waals surface area (Å²) in [6.45, 7) is 0. The number of ether oxygens (including phenoxy) is 1. The van der Waals surface area contributed by atoms with Crippen LogP contribution >= 0.6 is 0 Å². The highest BCUT2D eigenvalue weighted by molar-refractivity contribution is 7.78. The Balaban J connectivity index is 2.60. The lowest BCUT2D eigenvalue weighted by atomic mass is 10.1. The SMILES string of the molecule is COC(=O)CCc1cccc(CS(=O)O)c1. The van der Waals surface area contributed by atoms with Gasteiger partial charge in [0.25, 0.3) is 0 Å². The normalized spacial score (nSPS) is 12.1. The zero-order chi connectivity index (χ0) is 12.0. The number of carbonyl (C=O) groups excluding carboxylic acids is 1. The molecule has 5 heteroatoms. The molecule has 16 heavy (non-hydrogen) atoms. The van der Waals surface area contributed by atoms with Crippen LogP contribution in [-0.2, 0) is 32.8 Å². The van der Waals surface area contributed by atoms with Gasteiger partial charge in [-0.1, -0.05) is 24.3 Å². The van der Waals surface area contributed by atoms with Crippen LogP contribution in [0.1, 0.15) is 17.5 Å². The van der Waals surface area contributed by atoms with Crippen molar-refractivity contribution in [1.82, 2.24) is 0 Å². The van der Waals surface area contributed by atoms with E-state index in [1.54, 1.807) is 6.07 Å². The predicted molar refractivity (Wildman–Crippen MR) is 61.3 cm³/mol. The molecule has 0 aliphatic rings. The molecule has 0 radical (unpaired) electrons. The van der Waals surface area contributed by atoms with Crippen molar-refractivity contribution in [1.29, 1.82) is 0 Å². The monoisotopic (exact) mass is 242 g/mol. The molecule has 88 valence electrons. The number of esters is 1. The van der Waals surface area contributed by atoms with Gasteiger partial charge in [-0.15, -0.1) is 0 Å². The first kappa shape index (κ1) is 12.9. The molecule has 0 aliphatic carbocycles.